The van der Waals surface area contributed by atoms with Crippen molar-refractivity contribution in [1.82, 2.24) is 0 Å². The van der Waals surface area contributed by atoms with Crippen LogP contribution in [0.15, 0.2) is 0 Å². The van der Waals surface area contributed by atoms with Crippen LogP contribution in [0.1, 0.15) is 2.85 Å². The smallest absolute Gasteiger partial charge is 1.00 e. The summed E-state index contributed by atoms with van der Waals surface area (Å²) in [5.74, 6) is 0. The second kappa shape index (κ2) is 3.51. The molecule has 0 aliphatic carbocycles. The van der Waals surface area contributed by atoms with Crippen molar-refractivity contribution in [2.75, 3.05) is 0 Å². The molecule has 0 amide bonds. The molecule has 0 aliphatic heterocycles. The molecule has 0 unspecified atom stereocenters. The summed E-state index contributed by atoms with van der Waals surface area (Å²) in [7, 11) is 0. The molecule has 36 valence electrons. The van der Waals surface area contributed by atoms with Crippen molar-refractivity contribution in [3.63, 3.8) is 0 Å². The van der Waals surface area contributed by atoms with Crippen LogP contribution in [0.25, 0.3) is 0 Å². The first-order chi connectivity index (χ1) is 2.00. The Hall–Kier alpha value is 1.52. The van der Waals surface area contributed by atoms with Gasteiger partial charge in [-0.15, -0.1) is 0 Å². The maximum atomic E-state index is 8.82. The summed E-state index contributed by atoms with van der Waals surface area (Å²) in [5.41, 5.74) is 0. The molecule has 0 rings (SSSR count). The normalized spacial score (nSPS) is 9.67. The number of hydrogen-bond donors (Lipinski definition) is 2. The van der Waals surface area contributed by atoms with Gasteiger partial charge in [-0.1, -0.05) is 0 Å². The van der Waals surface area contributed by atoms with Crippen LogP contribution in [0.5, 0.6) is 0 Å². The van der Waals surface area contributed by atoms with Crippen molar-refractivity contribution in [3.8, 4) is 0 Å². The number of hydrogen-bond acceptors (Lipinski definition) is 2. The molecule has 4 nitrogen and oxygen atoms in total. The van der Waals surface area contributed by atoms with Gasteiger partial charge in [0.25, 0.3) is 0 Å². The van der Waals surface area contributed by atoms with E-state index < -0.39 is 13.4 Å². The number of rotatable bonds is 0. The van der Waals surface area contributed by atoms with Crippen LogP contribution < -0.4 is 0 Å². The van der Waals surface area contributed by atoms with Gasteiger partial charge >= 0.3 is 74.9 Å². The third-order valence-corrected chi connectivity index (χ3v) is 0. The second-order valence-corrected chi connectivity index (χ2v) is 2.33. The Labute approximate surface area is 76.7 Å². The maximum Gasteiger partial charge on any atom is 2.00 e. The average Bonchev–Trinajstić information content (AvgIpc) is 0.722. The quantitative estimate of drug-likeness (QED) is 0.481. The van der Waals surface area contributed by atoms with Gasteiger partial charge in [0.2, 0.25) is 0 Å². The molecule has 0 bridgehead atoms. The van der Waals surface area contributed by atoms with Gasteiger partial charge in [0, 0.05) is 0 Å². The van der Waals surface area contributed by atoms with E-state index in [0.717, 1.165) is 0 Å². The summed E-state index contributed by atoms with van der Waals surface area (Å²) < 4.78 is 31.9. The predicted octanol–water partition coefficient (Wildman–Crippen LogP) is -1.89. The zero-order valence-electron chi connectivity index (χ0n) is 4.83. The van der Waals surface area contributed by atoms with Crippen molar-refractivity contribution in [2.45, 2.75) is 0 Å². The molecule has 0 saturated carbocycles. The minimum Gasteiger partial charge on any atom is -1.00 e. The van der Waals surface area contributed by atoms with Crippen molar-refractivity contribution in [2.24, 2.45) is 0 Å². The average molecular weight is 235 g/mol. The van der Waals surface area contributed by atoms with Gasteiger partial charge in [-0.2, -0.15) is 0 Å². The summed E-state index contributed by atoms with van der Waals surface area (Å²) in [4.78, 5) is 0. The first kappa shape index (κ1) is 10.5. The van der Waals surface area contributed by atoms with Gasteiger partial charge in [-0.25, -0.2) is 0 Å². The van der Waals surface area contributed by atoms with E-state index in [1.807, 2.05) is 0 Å². The van der Waals surface area contributed by atoms with Crippen molar-refractivity contribution < 1.29 is 18.9 Å². The van der Waals surface area contributed by atoms with E-state index in [9.17, 15) is 0 Å². The van der Waals surface area contributed by atoms with E-state index >= 15 is 0 Å². The van der Waals surface area contributed by atoms with E-state index in [-0.39, 0.29) is 48.3 Å². The third-order valence-electron chi connectivity index (χ3n) is 0. The molecule has 0 saturated heterocycles. The Morgan fingerprint density at radius 1 is 1.33 bits per heavy atom. The van der Waals surface area contributed by atoms with E-state index in [4.69, 9.17) is 16.0 Å². The fourth-order valence-electron chi connectivity index (χ4n) is 0. The fourth-order valence-corrected chi connectivity index (χ4v) is 0. The van der Waals surface area contributed by atoms with Crippen LogP contribution in [-0.2, 0) is 7.67 Å². The van der Waals surface area contributed by atoms with Gasteiger partial charge < -0.3 is 2.85 Å². The zero-order chi connectivity index (χ0) is 4.50. The molecule has 0 atom stereocenters. The molecule has 0 spiro atoms. The van der Waals surface area contributed by atoms with E-state index in [2.05, 4.69) is 0 Å². The molecule has 0 heterocycles. The summed E-state index contributed by atoms with van der Waals surface area (Å²) in [6, 6.07) is 0. The predicted molar refractivity (Wildman–Crippen MR) is 19.5 cm³/mol. The molecule has 0 aromatic heterocycles. The van der Waals surface area contributed by atoms with E-state index in [1.165, 1.54) is 0 Å². The summed E-state index contributed by atoms with van der Waals surface area (Å²) in [6.07, 6.45) is 0. The zero-order valence-corrected chi connectivity index (χ0v) is 8.02. The van der Waals surface area contributed by atoms with Crippen LogP contribution in [0.4, 0.5) is 0 Å². The molecular weight excluding hydrogens is 231 g/mol. The van der Waals surface area contributed by atoms with Crippen LogP contribution >= 0.6 is 0 Å². The van der Waals surface area contributed by atoms with Gasteiger partial charge in [-0.3, -0.25) is 0 Å². The van der Waals surface area contributed by atoms with Crippen molar-refractivity contribution in [1.29, 1.82) is 0 Å². The molecule has 0 radical (unpaired) electrons. The fraction of sp³-hybridized carbons (Fsp3) is 0. The standard InChI is InChI=1S/H2O4Se.Sr.2H/c1-5(2,3)4;;;/h(H2,1,2,3,4);;;/q;+2;2*-1. The topological polar surface area (TPSA) is 74.6 Å². The molecule has 6 heteroatoms. The minimum atomic E-state index is -5.25. The van der Waals surface area contributed by atoms with Gasteiger partial charge in [0.1, 0.15) is 0 Å². The van der Waals surface area contributed by atoms with Crippen LogP contribution in [-0.4, -0.2) is 67.2 Å². The van der Waals surface area contributed by atoms with E-state index in [1.54, 1.807) is 0 Å². The molecule has 0 aromatic rings. The monoisotopic (exact) mass is 236 g/mol. The molecule has 6 heavy (non-hydrogen) atoms. The first-order valence-electron chi connectivity index (χ1n) is 0.698. The second-order valence-electron chi connectivity index (χ2n) is 0.448. The third kappa shape index (κ3) is 48.8. The minimum absolute atomic E-state index is 0. The van der Waals surface area contributed by atoms with Crippen LogP contribution in [0.2, 0.25) is 0 Å². The molecular formula is H4O4SeSr. The van der Waals surface area contributed by atoms with Crippen LogP contribution in [0, 0.1) is 0 Å². The summed E-state index contributed by atoms with van der Waals surface area (Å²) in [6.45, 7) is 0. The molecule has 0 fully saturated rings. The Morgan fingerprint density at radius 2 is 1.33 bits per heavy atom. The summed E-state index contributed by atoms with van der Waals surface area (Å²) >= 11 is -5.25. The largest absolute Gasteiger partial charge is 2.00 e. The SMILES string of the molecule is O=[Se](=O)(O)O.[H-].[H-].[Sr+2]. The Balaban J connectivity index is -0.0000000267. The van der Waals surface area contributed by atoms with Crippen molar-refractivity contribution >= 4 is 58.9 Å². The van der Waals surface area contributed by atoms with Crippen molar-refractivity contribution in [3.05, 3.63) is 0 Å². The van der Waals surface area contributed by atoms with Gasteiger partial charge in [0.15, 0.2) is 0 Å². The molecule has 0 aliphatic rings. The first-order valence-corrected chi connectivity index (χ1v) is 3.63. The summed E-state index contributed by atoms with van der Waals surface area (Å²) in [5, 5.41) is 0. The Morgan fingerprint density at radius 3 is 1.33 bits per heavy atom. The maximum absolute atomic E-state index is 8.82. The Bertz CT molecular complexity index is 97.2. The molecule has 2 N–H and O–H groups in total. The van der Waals surface area contributed by atoms with E-state index in [0.29, 0.717) is 0 Å². The molecule has 0 aromatic carbocycles. The van der Waals surface area contributed by atoms with Gasteiger partial charge in [-0.05, 0) is 0 Å². The Kier molecular flexibility index (Phi) is 6.14. The van der Waals surface area contributed by atoms with Gasteiger partial charge in [0.05, 0.1) is 0 Å². The van der Waals surface area contributed by atoms with Crippen LogP contribution in [0.3, 0.4) is 0 Å².